The highest BCUT2D eigenvalue weighted by atomic mass is 14.8. The maximum Gasteiger partial charge on any atom is 0.0844 e. The van der Waals surface area contributed by atoms with Gasteiger partial charge < -0.3 is 0 Å². The number of aliphatic imine (C=N–C) groups is 1. The zero-order valence-corrected chi connectivity index (χ0v) is 7.41. The molecule has 1 aliphatic rings. The molecule has 1 aliphatic heterocycles. The molecule has 0 atom stereocenters. The van der Waals surface area contributed by atoms with Gasteiger partial charge in [0.15, 0.2) is 0 Å². The average Bonchev–Trinajstić information content (AvgIpc) is 2.49. The van der Waals surface area contributed by atoms with E-state index in [1.807, 2.05) is 12.4 Å². The third-order valence-corrected chi connectivity index (χ3v) is 2.12. The van der Waals surface area contributed by atoms with Crippen LogP contribution in [0.25, 0.3) is 0 Å². The Morgan fingerprint density at radius 2 is 2.25 bits per heavy atom. The molecular weight excluding hydrogens is 148 g/mol. The third-order valence-electron chi connectivity index (χ3n) is 2.12. The Kier molecular flexibility index (Phi) is 1.68. The normalized spacial score (nSPS) is 13.9. The Morgan fingerprint density at radius 3 is 3.00 bits per heavy atom. The first kappa shape index (κ1) is 7.47. The summed E-state index contributed by atoms with van der Waals surface area (Å²) in [5, 5.41) is 0. The molecule has 0 N–H and O–H groups in total. The summed E-state index contributed by atoms with van der Waals surface area (Å²) in [6.45, 7) is 4.31. The van der Waals surface area contributed by atoms with E-state index in [1.165, 1.54) is 11.3 Å². The van der Waals surface area contributed by atoms with Gasteiger partial charge in [-0.05, 0) is 17.5 Å². The van der Waals surface area contributed by atoms with E-state index >= 15 is 0 Å². The van der Waals surface area contributed by atoms with Crippen molar-refractivity contribution in [3.8, 4) is 0 Å². The molecule has 0 saturated heterocycles. The molecule has 0 spiro atoms. The van der Waals surface area contributed by atoms with Gasteiger partial charge >= 0.3 is 0 Å². The molecule has 2 heterocycles. The van der Waals surface area contributed by atoms with Gasteiger partial charge in [-0.2, -0.15) is 0 Å². The second-order valence-corrected chi connectivity index (χ2v) is 3.41. The second-order valence-electron chi connectivity index (χ2n) is 3.41. The van der Waals surface area contributed by atoms with E-state index in [0.717, 1.165) is 12.1 Å². The fraction of sp³-hybridized carbons (Fsp3) is 0.400. The SMILES string of the molecule is CC(C)c1cc2c(cn1)N=CC2. The zero-order chi connectivity index (χ0) is 8.55. The van der Waals surface area contributed by atoms with Gasteiger partial charge in [-0.1, -0.05) is 13.8 Å². The van der Waals surface area contributed by atoms with Gasteiger partial charge in [-0.25, -0.2) is 0 Å². The smallest absolute Gasteiger partial charge is 0.0844 e. The molecule has 0 fully saturated rings. The van der Waals surface area contributed by atoms with E-state index in [1.54, 1.807) is 0 Å². The topological polar surface area (TPSA) is 25.2 Å². The lowest BCUT2D eigenvalue weighted by molar-refractivity contribution is 0.821. The molecule has 0 saturated carbocycles. The first-order valence-corrected chi connectivity index (χ1v) is 4.28. The first-order valence-electron chi connectivity index (χ1n) is 4.28. The Morgan fingerprint density at radius 1 is 1.42 bits per heavy atom. The number of rotatable bonds is 1. The molecule has 62 valence electrons. The highest BCUT2D eigenvalue weighted by Gasteiger charge is 2.09. The molecule has 1 aromatic heterocycles. The van der Waals surface area contributed by atoms with Gasteiger partial charge in [-0.3, -0.25) is 9.98 Å². The van der Waals surface area contributed by atoms with Crippen molar-refractivity contribution >= 4 is 11.9 Å². The summed E-state index contributed by atoms with van der Waals surface area (Å²) in [5.41, 5.74) is 3.52. The average molecular weight is 160 g/mol. The predicted molar refractivity (Wildman–Crippen MR) is 50.2 cm³/mol. The Hall–Kier alpha value is -1.18. The number of hydrogen-bond donors (Lipinski definition) is 0. The first-order chi connectivity index (χ1) is 5.77. The zero-order valence-electron chi connectivity index (χ0n) is 7.41. The molecule has 0 bridgehead atoms. The summed E-state index contributed by atoms with van der Waals surface area (Å²) in [4.78, 5) is 8.55. The largest absolute Gasteiger partial charge is 0.259 e. The van der Waals surface area contributed by atoms with Crippen molar-refractivity contribution in [1.29, 1.82) is 0 Å². The van der Waals surface area contributed by atoms with Crippen LogP contribution in [0.2, 0.25) is 0 Å². The highest BCUT2D eigenvalue weighted by molar-refractivity contribution is 5.75. The van der Waals surface area contributed by atoms with Gasteiger partial charge in [0.05, 0.1) is 11.9 Å². The van der Waals surface area contributed by atoms with Crippen molar-refractivity contribution in [1.82, 2.24) is 4.98 Å². The molecule has 0 aromatic carbocycles. The van der Waals surface area contributed by atoms with Crippen LogP contribution in [0.3, 0.4) is 0 Å². The second kappa shape index (κ2) is 2.70. The summed E-state index contributed by atoms with van der Waals surface area (Å²) < 4.78 is 0. The van der Waals surface area contributed by atoms with Crippen LogP contribution in [-0.4, -0.2) is 11.2 Å². The van der Waals surface area contributed by atoms with Crippen LogP contribution in [0, 0.1) is 0 Å². The number of fused-ring (bicyclic) bond motifs is 1. The van der Waals surface area contributed by atoms with Crippen LogP contribution < -0.4 is 0 Å². The van der Waals surface area contributed by atoms with Crippen molar-refractivity contribution < 1.29 is 0 Å². The number of hydrogen-bond acceptors (Lipinski definition) is 2. The fourth-order valence-corrected chi connectivity index (χ4v) is 1.35. The van der Waals surface area contributed by atoms with Crippen LogP contribution in [0.1, 0.15) is 31.0 Å². The predicted octanol–water partition coefficient (Wildman–Crippen LogP) is 2.46. The maximum absolute atomic E-state index is 4.34. The van der Waals surface area contributed by atoms with Crippen LogP contribution in [0.15, 0.2) is 17.3 Å². The van der Waals surface area contributed by atoms with E-state index < -0.39 is 0 Å². The minimum atomic E-state index is 0.510. The quantitative estimate of drug-likeness (QED) is 0.619. The van der Waals surface area contributed by atoms with Gasteiger partial charge in [0, 0.05) is 18.3 Å². The summed E-state index contributed by atoms with van der Waals surface area (Å²) >= 11 is 0. The maximum atomic E-state index is 4.34. The van der Waals surface area contributed by atoms with Gasteiger partial charge in [0.1, 0.15) is 0 Å². The summed E-state index contributed by atoms with van der Waals surface area (Å²) in [7, 11) is 0. The van der Waals surface area contributed by atoms with E-state index in [2.05, 4.69) is 29.9 Å². The Labute approximate surface area is 72.4 Å². The standard InChI is InChI=1S/C10H12N2/c1-7(2)9-5-8-3-4-11-10(8)6-12-9/h4-7H,3H2,1-2H3. The molecule has 12 heavy (non-hydrogen) atoms. The minimum Gasteiger partial charge on any atom is -0.259 e. The Balaban J connectivity index is 2.42. The molecule has 1 aromatic rings. The molecule has 2 heteroatoms. The number of pyridine rings is 1. The number of nitrogens with zero attached hydrogens (tertiary/aromatic N) is 2. The van der Waals surface area contributed by atoms with Gasteiger partial charge in [0.2, 0.25) is 0 Å². The van der Waals surface area contributed by atoms with E-state index in [4.69, 9.17) is 0 Å². The van der Waals surface area contributed by atoms with Gasteiger partial charge in [0.25, 0.3) is 0 Å². The van der Waals surface area contributed by atoms with Crippen LogP contribution in [-0.2, 0) is 6.42 Å². The van der Waals surface area contributed by atoms with Crippen molar-refractivity contribution in [3.63, 3.8) is 0 Å². The lowest BCUT2D eigenvalue weighted by atomic mass is 10.1. The van der Waals surface area contributed by atoms with Crippen molar-refractivity contribution in [2.45, 2.75) is 26.2 Å². The molecule has 0 amide bonds. The molecule has 0 unspecified atom stereocenters. The fourth-order valence-electron chi connectivity index (χ4n) is 1.35. The van der Waals surface area contributed by atoms with Crippen LogP contribution in [0.4, 0.5) is 5.69 Å². The lowest BCUT2D eigenvalue weighted by Gasteiger charge is -2.05. The van der Waals surface area contributed by atoms with Crippen molar-refractivity contribution in [2.75, 3.05) is 0 Å². The summed E-state index contributed by atoms with van der Waals surface area (Å²) in [5.74, 6) is 0.510. The number of aromatic nitrogens is 1. The van der Waals surface area contributed by atoms with Crippen molar-refractivity contribution in [2.24, 2.45) is 4.99 Å². The monoisotopic (exact) mass is 160 g/mol. The lowest BCUT2D eigenvalue weighted by Crippen LogP contribution is -1.93. The van der Waals surface area contributed by atoms with Gasteiger partial charge in [-0.15, -0.1) is 0 Å². The van der Waals surface area contributed by atoms with Crippen LogP contribution in [0.5, 0.6) is 0 Å². The van der Waals surface area contributed by atoms with E-state index in [0.29, 0.717) is 5.92 Å². The molecule has 0 radical (unpaired) electrons. The molecular formula is C10H12N2. The summed E-state index contributed by atoms with van der Waals surface area (Å²) in [6.07, 6.45) is 4.78. The van der Waals surface area contributed by atoms with E-state index in [9.17, 15) is 0 Å². The molecule has 2 rings (SSSR count). The Bertz CT molecular complexity index is 327. The summed E-state index contributed by atoms with van der Waals surface area (Å²) in [6, 6.07) is 2.16. The molecule has 0 aliphatic carbocycles. The van der Waals surface area contributed by atoms with Crippen molar-refractivity contribution in [3.05, 3.63) is 23.5 Å². The minimum absolute atomic E-state index is 0.510. The van der Waals surface area contributed by atoms with E-state index in [-0.39, 0.29) is 0 Å². The van der Waals surface area contributed by atoms with Crippen LogP contribution >= 0.6 is 0 Å². The highest BCUT2D eigenvalue weighted by Crippen LogP contribution is 2.25. The molecule has 2 nitrogen and oxygen atoms in total. The third kappa shape index (κ3) is 1.13.